The molecule has 1 aliphatic rings. The number of hydroxylamine groups is 2. The summed E-state index contributed by atoms with van der Waals surface area (Å²) in [5.41, 5.74) is 0. The van der Waals surface area contributed by atoms with Gasteiger partial charge in [0.2, 0.25) is 0 Å². The molecule has 0 unspecified atom stereocenters. The van der Waals surface area contributed by atoms with Crippen LogP contribution in [0.1, 0.15) is 12.8 Å². The quantitative estimate of drug-likeness (QED) is 0.540. The maximum atomic E-state index is 9.08. The lowest BCUT2D eigenvalue weighted by atomic mass is 10.1. The van der Waals surface area contributed by atoms with Gasteiger partial charge >= 0.3 is 0 Å². The second-order valence-electron chi connectivity index (χ2n) is 3.11. The Labute approximate surface area is 62.2 Å². The van der Waals surface area contributed by atoms with Crippen molar-refractivity contribution >= 4 is 0 Å². The molecular formula is C7H16N2O. The molecule has 1 aliphatic heterocycles. The molecule has 1 heterocycles. The molecule has 10 heavy (non-hydrogen) atoms. The lowest BCUT2D eigenvalue weighted by Gasteiger charge is -2.31. The average Bonchev–Trinajstić information content (AvgIpc) is 1.88. The van der Waals surface area contributed by atoms with Crippen molar-refractivity contribution in [1.29, 1.82) is 0 Å². The minimum atomic E-state index is 0.385. The van der Waals surface area contributed by atoms with Gasteiger partial charge in [-0.15, -0.1) is 0 Å². The summed E-state index contributed by atoms with van der Waals surface area (Å²) in [6, 6.07) is 0.385. The number of nitrogens with zero attached hydrogens (tertiary/aromatic N) is 2. The predicted octanol–water partition coefficient (Wildman–Crippen LogP) is 0.402. The minimum absolute atomic E-state index is 0.385. The third kappa shape index (κ3) is 1.94. The van der Waals surface area contributed by atoms with Crippen LogP contribution < -0.4 is 0 Å². The van der Waals surface area contributed by atoms with Crippen LogP contribution in [0.3, 0.4) is 0 Å². The molecule has 0 bridgehead atoms. The molecule has 1 saturated heterocycles. The van der Waals surface area contributed by atoms with Crippen LogP contribution in [-0.4, -0.2) is 48.4 Å². The minimum Gasteiger partial charge on any atom is -0.314 e. The van der Waals surface area contributed by atoms with Crippen molar-refractivity contribution in [1.82, 2.24) is 9.96 Å². The maximum Gasteiger partial charge on any atom is 0.0371 e. The number of hydrogen-bond acceptors (Lipinski definition) is 3. The molecule has 0 saturated carbocycles. The zero-order valence-corrected chi connectivity index (χ0v) is 6.75. The highest BCUT2D eigenvalue weighted by Gasteiger charge is 2.18. The van der Waals surface area contributed by atoms with Crippen LogP contribution in [0.15, 0.2) is 0 Å². The van der Waals surface area contributed by atoms with E-state index in [1.54, 1.807) is 7.05 Å². The van der Waals surface area contributed by atoms with E-state index < -0.39 is 0 Å². The monoisotopic (exact) mass is 144 g/mol. The Balaban J connectivity index is 2.26. The molecule has 0 aliphatic carbocycles. The SMILES string of the molecule is CN1CCC(N(C)O)CC1. The summed E-state index contributed by atoms with van der Waals surface area (Å²) in [5.74, 6) is 0. The van der Waals surface area contributed by atoms with Crippen LogP contribution in [0.25, 0.3) is 0 Å². The van der Waals surface area contributed by atoms with Crippen molar-refractivity contribution in [3.63, 3.8) is 0 Å². The summed E-state index contributed by atoms with van der Waals surface area (Å²) in [5, 5.41) is 10.4. The van der Waals surface area contributed by atoms with E-state index in [1.807, 2.05) is 0 Å². The first-order valence-corrected chi connectivity index (χ1v) is 3.80. The first kappa shape index (κ1) is 7.98. The van der Waals surface area contributed by atoms with Crippen LogP contribution in [0.2, 0.25) is 0 Å². The predicted molar refractivity (Wildman–Crippen MR) is 40.1 cm³/mol. The molecule has 0 aromatic carbocycles. The number of hydrogen-bond donors (Lipinski definition) is 1. The van der Waals surface area contributed by atoms with E-state index in [4.69, 9.17) is 5.21 Å². The summed E-state index contributed by atoms with van der Waals surface area (Å²) in [7, 11) is 3.85. The molecule has 0 atom stereocenters. The molecule has 0 aromatic rings. The number of piperidine rings is 1. The van der Waals surface area contributed by atoms with Gasteiger partial charge in [-0.2, -0.15) is 5.06 Å². The lowest BCUT2D eigenvalue weighted by Crippen LogP contribution is -2.40. The second-order valence-corrected chi connectivity index (χ2v) is 3.11. The Kier molecular flexibility index (Phi) is 2.65. The maximum absolute atomic E-state index is 9.08. The van der Waals surface area contributed by atoms with Crippen molar-refractivity contribution in [2.45, 2.75) is 18.9 Å². The lowest BCUT2D eigenvalue weighted by molar-refractivity contribution is -0.115. The molecular weight excluding hydrogens is 128 g/mol. The highest BCUT2D eigenvalue weighted by atomic mass is 16.5. The molecule has 3 nitrogen and oxygen atoms in total. The standard InChI is InChI=1S/C7H16N2O/c1-8-5-3-7(4-6-8)9(2)10/h7,10H,3-6H2,1-2H3. The summed E-state index contributed by atoms with van der Waals surface area (Å²) in [4.78, 5) is 2.29. The van der Waals surface area contributed by atoms with Crippen LogP contribution in [0.4, 0.5) is 0 Å². The van der Waals surface area contributed by atoms with Gasteiger partial charge < -0.3 is 10.1 Å². The number of rotatable bonds is 1. The van der Waals surface area contributed by atoms with Gasteiger partial charge in [0.25, 0.3) is 0 Å². The van der Waals surface area contributed by atoms with E-state index in [9.17, 15) is 0 Å². The Morgan fingerprint density at radius 1 is 1.40 bits per heavy atom. The smallest absolute Gasteiger partial charge is 0.0371 e. The Morgan fingerprint density at radius 2 is 1.90 bits per heavy atom. The van der Waals surface area contributed by atoms with E-state index in [2.05, 4.69) is 11.9 Å². The van der Waals surface area contributed by atoms with Gasteiger partial charge in [0.05, 0.1) is 0 Å². The summed E-state index contributed by atoms with van der Waals surface area (Å²) < 4.78 is 0. The van der Waals surface area contributed by atoms with E-state index in [1.165, 1.54) is 5.06 Å². The fourth-order valence-corrected chi connectivity index (χ4v) is 1.37. The van der Waals surface area contributed by atoms with Crippen LogP contribution in [-0.2, 0) is 0 Å². The van der Waals surface area contributed by atoms with Crippen molar-refractivity contribution in [3.8, 4) is 0 Å². The fraction of sp³-hybridized carbons (Fsp3) is 1.00. The summed E-state index contributed by atoms with van der Waals surface area (Å²) in [6.07, 6.45) is 2.17. The van der Waals surface area contributed by atoms with Crippen LogP contribution >= 0.6 is 0 Å². The topological polar surface area (TPSA) is 26.7 Å². The highest BCUT2D eigenvalue weighted by molar-refractivity contribution is 4.72. The zero-order chi connectivity index (χ0) is 7.56. The van der Waals surface area contributed by atoms with Crippen molar-refractivity contribution in [2.75, 3.05) is 27.2 Å². The third-order valence-corrected chi connectivity index (χ3v) is 2.22. The normalized spacial score (nSPS) is 24.0. The van der Waals surface area contributed by atoms with Gasteiger partial charge in [-0.3, -0.25) is 0 Å². The van der Waals surface area contributed by atoms with Gasteiger partial charge in [0.15, 0.2) is 0 Å². The van der Waals surface area contributed by atoms with Gasteiger partial charge in [0, 0.05) is 13.1 Å². The molecule has 0 radical (unpaired) electrons. The molecule has 1 fully saturated rings. The van der Waals surface area contributed by atoms with Crippen molar-refractivity contribution in [3.05, 3.63) is 0 Å². The largest absolute Gasteiger partial charge is 0.314 e. The van der Waals surface area contributed by atoms with Gasteiger partial charge in [-0.05, 0) is 33.0 Å². The number of likely N-dealkylation sites (tertiary alicyclic amines) is 1. The zero-order valence-electron chi connectivity index (χ0n) is 6.75. The summed E-state index contributed by atoms with van der Waals surface area (Å²) >= 11 is 0. The van der Waals surface area contributed by atoms with Crippen molar-refractivity contribution < 1.29 is 5.21 Å². The molecule has 0 aromatic heterocycles. The second kappa shape index (κ2) is 3.32. The van der Waals surface area contributed by atoms with E-state index in [0.29, 0.717) is 6.04 Å². The van der Waals surface area contributed by atoms with Crippen LogP contribution in [0.5, 0.6) is 0 Å². The van der Waals surface area contributed by atoms with Crippen molar-refractivity contribution in [2.24, 2.45) is 0 Å². The summed E-state index contributed by atoms with van der Waals surface area (Å²) in [6.45, 7) is 2.21. The fourth-order valence-electron chi connectivity index (χ4n) is 1.37. The van der Waals surface area contributed by atoms with E-state index in [0.717, 1.165) is 25.9 Å². The molecule has 3 heteroatoms. The van der Waals surface area contributed by atoms with Gasteiger partial charge in [-0.1, -0.05) is 0 Å². The molecule has 0 amide bonds. The van der Waals surface area contributed by atoms with Gasteiger partial charge in [-0.25, -0.2) is 0 Å². The molecule has 60 valence electrons. The van der Waals surface area contributed by atoms with E-state index in [-0.39, 0.29) is 0 Å². The highest BCUT2D eigenvalue weighted by Crippen LogP contribution is 2.11. The van der Waals surface area contributed by atoms with Gasteiger partial charge in [0.1, 0.15) is 0 Å². The first-order valence-electron chi connectivity index (χ1n) is 3.80. The molecule has 1 N–H and O–H groups in total. The van der Waals surface area contributed by atoms with E-state index >= 15 is 0 Å². The van der Waals surface area contributed by atoms with Crippen LogP contribution in [0, 0.1) is 0 Å². The molecule has 1 rings (SSSR count). The Bertz CT molecular complexity index is 97.8. The first-order chi connectivity index (χ1) is 4.70. The Hall–Kier alpha value is -0.120. The third-order valence-electron chi connectivity index (χ3n) is 2.22. The average molecular weight is 144 g/mol. The Morgan fingerprint density at radius 3 is 2.30 bits per heavy atom. The molecule has 0 spiro atoms.